The first-order chi connectivity index (χ1) is 9.33. The molecule has 0 saturated carbocycles. The molecular weight excluding hydrogens is 256 g/mol. The SMILES string of the molecule is CC(Nc1cccc(-c2ccn[nH]2)c1)c1cncs1. The molecule has 3 rings (SSSR count). The highest BCUT2D eigenvalue weighted by Crippen LogP contribution is 2.25. The van der Waals surface area contributed by atoms with Gasteiger partial charge in [-0.2, -0.15) is 5.10 Å². The Labute approximate surface area is 115 Å². The zero-order valence-electron chi connectivity index (χ0n) is 10.5. The maximum absolute atomic E-state index is 4.11. The van der Waals surface area contributed by atoms with Crippen LogP contribution in [-0.4, -0.2) is 15.2 Å². The summed E-state index contributed by atoms with van der Waals surface area (Å²) in [7, 11) is 0. The van der Waals surface area contributed by atoms with E-state index in [0.29, 0.717) is 0 Å². The van der Waals surface area contributed by atoms with Gasteiger partial charge in [-0.3, -0.25) is 10.1 Å². The maximum Gasteiger partial charge on any atom is 0.0795 e. The van der Waals surface area contributed by atoms with Crippen LogP contribution in [0.1, 0.15) is 17.8 Å². The third kappa shape index (κ3) is 2.66. The van der Waals surface area contributed by atoms with E-state index >= 15 is 0 Å². The van der Waals surface area contributed by atoms with Crippen LogP contribution >= 0.6 is 11.3 Å². The third-order valence-corrected chi connectivity index (χ3v) is 3.89. The smallest absolute Gasteiger partial charge is 0.0795 e. The number of benzene rings is 1. The van der Waals surface area contributed by atoms with Crippen LogP contribution in [0.3, 0.4) is 0 Å². The van der Waals surface area contributed by atoms with Crippen molar-refractivity contribution < 1.29 is 0 Å². The molecule has 19 heavy (non-hydrogen) atoms. The minimum atomic E-state index is 0.254. The van der Waals surface area contributed by atoms with Crippen molar-refractivity contribution >= 4 is 17.0 Å². The average molecular weight is 270 g/mol. The van der Waals surface area contributed by atoms with E-state index in [2.05, 4.69) is 45.6 Å². The molecule has 0 aliphatic carbocycles. The van der Waals surface area contributed by atoms with Gasteiger partial charge in [-0.25, -0.2) is 0 Å². The summed E-state index contributed by atoms with van der Waals surface area (Å²) in [4.78, 5) is 5.34. The summed E-state index contributed by atoms with van der Waals surface area (Å²) in [6.45, 7) is 2.14. The predicted molar refractivity (Wildman–Crippen MR) is 78.2 cm³/mol. The third-order valence-electron chi connectivity index (χ3n) is 2.94. The van der Waals surface area contributed by atoms with Crippen LogP contribution in [0, 0.1) is 0 Å². The van der Waals surface area contributed by atoms with Crippen molar-refractivity contribution in [3.8, 4) is 11.3 Å². The van der Waals surface area contributed by atoms with Crippen LogP contribution in [0.25, 0.3) is 11.3 Å². The fourth-order valence-corrected chi connectivity index (χ4v) is 2.58. The maximum atomic E-state index is 4.11. The van der Waals surface area contributed by atoms with Crippen LogP contribution < -0.4 is 5.32 Å². The molecule has 0 spiro atoms. The van der Waals surface area contributed by atoms with Crippen molar-refractivity contribution in [2.24, 2.45) is 0 Å². The Hall–Kier alpha value is -2.14. The number of H-pyrrole nitrogens is 1. The van der Waals surface area contributed by atoms with E-state index in [1.807, 2.05) is 23.8 Å². The molecule has 0 bridgehead atoms. The average Bonchev–Trinajstić information content (AvgIpc) is 3.13. The molecule has 2 N–H and O–H groups in total. The number of aromatic nitrogens is 3. The molecule has 4 nitrogen and oxygen atoms in total. The van der Waals surface area contributed by atoms with Gasteiger partial charge in [0.2, 0.25) is 0 Å². The molecule has 1 aromatic carbocycles. The van der Waals surface area contributed by atoms with Gasteiger partial charge in [-0.15, -0.1) is 11.3 Å². The van der Waals surface area contributed by atoms with Gasteiger partial charge in [-0.05, 0) is 25.1 Å². The number of nitrogens with zero attached hydrogens (tertiary/aromatic N) is 2. The number of thiazole rings is 1. The lowest BCUT2D eigenvalue weighted by Gasteiger charge is -2.13. The largest absolute Gasteiger partial charge is 0.378 e. The van der Waals surface area contributed by atoms with Crippen molar-refractivity contribution in [3.63, 3.8) is 0 Å². The molecule has 0 saturated heterocycles. The van der Waals surface area contributed by atoms with E-state index in [0.717, 1.165) is 16.9 Å². The van der Waals surface area contributed by atoms with E-state index in [-0.39, 0.29) is 6.04 Å². The summed E-state index contributed by atoms with van der Waals surface area (Å²) < 4.78 is 0. The second-order valence-corrected chi connectivity index (χ2v) is 5.24. The van der Waals surface area contributed by atoms with Gasteiger partial charge >= 0.3 is 0 Å². The van der Waals surface area contributed by atoms with Crippen LogP contribution in [-0.2, 0) is 0 Å². The Morgan fingerprint density at radius 1 is 1.32 bits per heavy atom. The molecule has 96 valence electrons. The van der Waals surface area contributed by atoms with E-state index < -0.39 is 0 Å². The molecule has 1 atom stereocenters. The van der Waals surface area contributed by atoms with Crippen LogP contribution in [0.4, 0.5) is 5.69 Å². The first kappa shape index (κ1) is 11.9. The van der Waals surface area contributed by atoms with E-state index in [4.69, 9.17) is 0 Å². The minimum Gasteiger partial charge on any atom is -0.378 e. The Balaban J connectivity index is 1.80. The Morgan fingerprint density at radius 3 is 3.00 bits per heavy atom. The number of hydrogen-bond donors (Lipinski definition) is 2. The van der Waals surface area contributed by atoms with Crippen LogP contribution in [0.15, 0.2) is 48.2 Å². The second kappa shape index (κ2) is 5.24. The van der Waals surface area contributed by atoms with Gasteiger partial charge in [0.05, 0.1) is 17.2 Å². The number of hydrogen-bond acceptors (Lipinski definition) is 4. The minimum absolute atomic E-state index is 0.254. The highest BCUT2D eigenvalue weighted by molar-refractivity contribution is 7.09. The zero-order valence-corrected chi connectivity index (χ0v) is 11.3. The fraction of sp³-hybridized carbons (Fsp3) is 0.143. The molecule has 0 fully saturated rings. The van der Waals surface area contributed by atoms with Gasteiger partial charge in [0.15, 0.2) is 0 Å². The van der Waals surface area contributed by atoms with E-state index in [1.165, 1.54) is 4.88 Å². The topological polar surface area (TPSA) is 53.6 Å². The normalized spacial score (nSPS) is 12.3. The molecule has 5 heteroatoms. The highest BCUT2D eigenvalue weighted by atomic mass is 32.1. The predicted octanol–water partition coefficient (Wildman–Crippen LogP) is 3.71. The van der Waals surface area contributed by atoms with Gasteiger partial charge in [-0.1, -0.05) is 12.1 Å². The van der Waals surface area contributed by atoms with Crippen LogP contribution in [0.2, 0.25) is 0 Å². The van der Waals surface area contributed by atoms with Gasteiger partial charge < -0.3 is 5.32 Å². The lowest BCUT2D eigenvalue weighted by molar-refractivity contribution is 0.904. The monoisotopic (exact) mass is 270 g/mol. The van der Waals surface area contributed by atoms with Crippen molar-refractivity contribution in [2.75, 3.05) is 5.32 Å². The molecule has 1 unspecified atom stereocenters. The molecule has 2 heterocycles. The molecule has 0 aliphatic heterocycles. The van der Waals surface area contributed by atoms with Crippen molar-refractivity contribution in [1.29, 1.82) is 0 Å². The standard InChI is InChI=1S/C14H14N4S/c1-10(14-8-15-9-19-14)17-12-4-2-3-11(7-12)13-5-6-16-18-13/h2-10,17H,1H3,(H,16,18). The number of anilines is 1. The molecule has 3 aromatic rings. The van der Waals surface area contributed by atoms with E-state index in [1.54, 1.807) is 17.5 Å². The first-order valence-corrected chi connectivity index (χ1v) is 6.95. The summed E-state index contributed by atoms with van der Waals surface area (Å²) in [6.07, 6.45) is 3.66. The lowest BCUT2D eigenvalue weighted by atomic mass is 10.1. The van der Waals surface area contributed by atoms with Gasteiger partial charge in [0.25, 0.3) is 0 Å². The summed E-state index contributed by atoms with van der Waals surface area (Å²) >= 11 is 1.66. The molecule has 0 aliphatic rings. The van der Waals surface area contributed by atoms with Crippen molar-refractivity contribution in [1.82, 2.24) is 15.2 Å². The van der Waals surface area contributed by atoms with Crippen molar-refractivity contribution in [3.05, 3.63) is 53.1 Å². The van der Waals surface area contributed by atoms with Crippen LogP contribution in [0.5, 0.6) is 0 Å². The Bertz CT molecular complexity index is 631. The molecule has 2 aromatic heterocycles. The zero-order chi connectivity index (χ0) is 13.1. The number of rotatable bonds is 4. The van der Waals surface area contributed by atoms with Gasteiger partial charge in [0.1, 0.15) is 0 Å². The highest BCUT2D eigenvalue weighted by Gasteiger charge is 2.07. The molecule has 0 amide bonds. The summed E-state index contributed by atoms with van der Waals surface area (Å²) in [5.41, 5.74) is 5.09. The first-order valence-electron chi connectivity index (χ1n) is 6.07. The fourth-order valence-electron chi connectivity index (χ4n) is 1.95. The molecule has 0 radical (unpaired) electrons. The van der Waals surface area contributed by atoms with Gasteiger partial charge in [0, 0.05) is 28.5 Å². The van der Waals surface area contributed by atoms with E-state index in [9.17, 15) is 0 Å². The second-order valence-electron chi connectivity index (χ2n) is 4.32. The summed E-state index contributed by atoms with van der Waals surface area (Å²) in [5.74, 6) is 0. The summed E-state index contributed by atoms with van der Waals surface area (Å²) in [6, 6.07) is 10.5. The lowest BCUT2D eigenvalue weighted by Crippen LogP contribution is -2.04. The van der Waals surface area contributed by atoms with Crippen molar-refractivity contribution in [2.45, 2.75) is 13.0 Å². The quantitative estimate of drug-likeness (QED) is 0.760. The summed E-state index contributed by atoms with van der Waals surface area (Å²) in [5, 5.41) is 10.4. The molecular formula is C14H14N4S. The Morgan fingerprint density at radius 2 is 2.26 bits per heavy atom. The Kier molecular flexibility index (Phi) is 3.29. The number of aromatic amines is 1. The number of nitrogens with one attached hydrogen (secondary N) is 2.